The molecule has 0 aliphatic carbocycles. The Bertz CT molecular complexity index is 726. The van der Waals surface area contributed by atoms with Crippen molar-refractivity contribution in [2.75, 3.05) is 11.2 Å². The minimum absolute atomic E-state index is 0.152. The number of alkyl halides is 1. The molecule has 22 heavy (non-hydrogen) atoms. The van der Waals surface area contributed by atoms with Crippen molar-refractivity contribution >= 4 is 34.7 Å². The summed E-state index contributed by atoms with van der Waals surface area (Å²) in [5, 5.41) is 2.88. The largest absolute Gasteiger partial charge is 0.386 e. The van der Waals surface area contributed by atoms with Gasteiger partial charge < -0.3 is 11.1 Å². The van der Waals surface area contributed by atoms with Crippen LogP contribution in [0.15, 0.2) is 47.5 Å². The lowest BCUT2D eigenvalue weighted by Crippen LogP contribution is -2.13. The van der Waals surface area contributed by atoms with E-state index in [2.05, 4.69) is 10.3 Å². The van der Waals surface area contributed by atoms with Gasteiger partial charge in [-0.05, 0) is 55.3 Å². The highest BCUT2D eigenvalue weighted by Crippen LogP contribution is 2.18. The Morgan fingerprint density at radius 3 is 2.64 bits per heavy atom. The molecule has 0 spiro atoms. The number of hydrogen-bond donors (Lipinski definition) is 2. The molecule has 4 nitrogen and oxygen atoms in total. The van der Waals surface area contributed by atoms with E-state index in [-0.39, 0.29) is 11.8 Å². The average Bonchev–Trinajstić information content (AvgIpc) is 2.51. The van der Waals surface area contributed by atoms with Crippen LogP contribution in [0.3, 0.4) is 0 Å². The molecule has 0 aromatic heterocycles. The van der Waals surface area contributed by atoms with E-state index in [1.165, 1.54) is 5.56 Å². The summed E-state index contributed by atoms with van der Waals surface area (Å²) in [6.07, 6.45) is 0. The molecule has 0 fully saturated rings. The average molecular weight is 316 g/mol. The molecular formula is C17H18ClN3O. The third kappa shape index (κ3) is 4.09. The maximum absolute atomic E-state index is 12.3. The van der Waals surface area contributed by atoms with Crippen LogP contribution in [0.1, 0.15) is 21.5 Å². The van der Waals surface area contributed by atoms with Gasteiger partial charge in [0, 0.05) is 11.3 Å². The van der Waals surface area contributed by atoms with E-state index in [1.807, 2.05) is 32.0 Å². The van der Waals surface area contributed by atoms with E-state index < -0.39 is 0 Å². The third-order valence-corrected chi connectivity index (χ3v) is 3.56. The molecule has 2 rings (SSSR count). The van der Waals surface area contributed by atoms with Crippen molar-refractivity contribution in [2.45, 2.75) is 13.8 Å². The SMILES string of the molecule is Cc1ccc(NC(=O)c2cccc(N=C(N)CCl)c2)cc1C. The van der Waals surface area contributed by atoms with Crippen LogP contribution in [0.2, 0.25) is 0 Å². The van der Waals surface area contributed by atoms with E-state index in [1.54, 1.807) is 24.3 Å². The Balaban J connectivity index is 2.19. The summed E-state index contributed by atoms with van der Waals surface area (Å²) >= 11 is 5.60. The summed E-state index contributed by atoms with van der Waals surface area (Å²) in [7, 11) is 0. The second-order valence-electron chi connectivity index (χ2n) is 5.04. The van der Waals surface area contributed by atoms with Crippen LogP contribution in [-0.4, -0.2) is 17.6 Å². The van der Waals surface area contributed by atoms with Gasteiger partial charge in [0.1, 0.15) is 5.84 Å². The standard InChI is InChI=1S/C17H18ClN3O/c1-11-6-7-15(8-12(11)2)21-17(22)13-4-3-5-14(9-13)20-16(19)10-18/h3-9H,10H2,1-2H3,(H2,19,20)(H,21,22). The summed E-state index contributed by atoms with van der Waals surface area (Å²) < 4.78 is 0. The lowest BCUT2D eigenvalue weighted by Gasteiger charge is -2.08. The van der Waals surface area contributed by atoms with Gasteiger partial charge in [-0.25, -0.2) is 4.99 Å². The Morgan fingerprint density at radius 2 is 1.95 bits per heavy atom. The number of hydrogen-bond acceptors (Lipinski definition) is 2. The van der Waals surface area contributed by atoms with E-state index in [9.17, 15) is 4.79 Å². The van der Waals surface area contributed by atoms with Gasteiger partial charge in [-0.1, -0.05) is 12.1 Å². The predicted molar refractivity (Wildman–Crippen MR) is 92.3 cm³/mol. The number of nitrogens with two attached hydrogens (primary N) is 1. The third-order valence-electron chi connectivity index (χ3n) is 3.28. The molecule has 0 heterocycles. The molecule has 2 aromatic rings. The van der Waals surface area contributed by atoms with Gasteiger partial charge in [0.05, 0.1) is 11.6 Å². The second kappa shape index (κ2) is 7.09. The topological polar surface area (TPSA) is 67.5 Å². The molecule has 0 atom stereocenters. The smallest absolute Gasteiger partial charge is 0.255 e. The number of rotatable bonds is 4. The normalized spacial score (nSPS) is 11.3. The first kappa shape index (κ1) is 16.0. The summed E-state index contributed by atoms with van der Waals surface area (Å²) in [5.74, 6) is 0.275. The summed E-state index contributed by atoms with van der Waals surface area (Å²) in [4.78, 5) is 16.4. The molecule has 114 valence electrons. The number of anilines is 1. The predicted octanol–water partition coefficient (Wildman–Crippen LogP) is 3.78. The van der Waals surface area contributed by atoms with E-state index in [0.717, 1.165) is 11.3 Å². The molecule has 3 N–H and O–H groups in total. The number of nitrogens with zero attached hydrogens (tertiary/aromatic N) is 1. The molecular weight excluding hydrogens is 298 g/mol. The first-order valence-corrected chi connectivity index (χ1v) is 7.40. The van der Waals surface area contributed by atoms with Crippen molar-refractivity contribution in [1.29, 1.82) is 0 Å². The quantitative estimate of drug-likeness (QED) is 0.512. The Labute approximate surface area is 135 Å². The van der Waals surface area contributed by atoms with Crippen molar-refractivity contribution < 1.29 is 4.79 Å². The maximum Gasteiger partial charge on any atom is 0.255 e. The number of aryl methyl sites for hydroxylation is 2. The number of benzene rings is 2. The number of carbonyl (C=O) groups is 1. The first-order chi connectivity index (χ1) is 10.5. The fourth-order valence-corrected chi connectivity index (χ4v) is 1.99. The Morgan fingerprint density at radius 1 is 1.18 bits per heavy atom. The van der Waals surface area contributed by atoms with Gasteiger partial charge >= 0.3 is 0 Å². The van der Waals surface area contributed by atoms with Gasteiger partial charge in [0.2, 0.25) is 0 Å². The number of amides is 1. The van der Waals surface area contributed by atoms with Crippen molar-refractivity contribution in [3.8, 4) is 0 Å². The molecule has 0 saturated carbocycles. The number of carbonyl (C=O) groups excluding carboxylic acids is 1. The van der Waals surface area contributed by atoms with E-state index in [4.69, 9.17) is 17.3 Å². The van der Waals surface area contributed by atoms with Gasteiger partial charge in [-0.15, -0.1) is 11.6 Å². The van der Waals surface area contributed by atoms with E-state index >= 15 is 0 Å². The number of amidine groups is 1. The zero-order valence-electron chi connectivity index (χ0n) is 12.6. The highest BCUT2D eigenvalue weighted by Gasteiger charge is 2.07. The van der Waals surface area contributed by atoms with Gasteiger partial charge in [0.15, 0.2) is 0 Å². The minimum atomic E-state index is -0.190. The molecule has 1 amide bonds. The van der Waals surface area contributed by atoms with E-state index in [0.29, 0.717) is 17.1 Å². The molecule has 0 bridgehead atoms. The lowest BCUT2D eigenvalue weighted by molar-refractivity contribution is 0.102. The highest BCUT2D eigenvalue weighted by molar-refractivity contribution is 6.28. The van der Waals surface area contributed by atoms with Gasteiger partial charge in [0.25, 0.3) is 5.91 Å². The van der Waals surface area contributed by atoms with Crippen molar-refractivity contribution in [3.05, 3.63) is 59.2 Å². The van der Waals surface area contributed by atoms with Crippen LogP contribution in [0, 0.1) is 13.8 Å². The van der Waals surface area contributed by atoms with Crippen molar-refractivity contribution in [3.63, 3.8) is 0 Å². The van der Waals surface area contributed by atoms with Crippen molar-refractivity contribution in [2.24, 2.45) is 10.7 Å². The molecule has 0 saturated heterocycles. The van der Waals surface area contributed by atoms with Crippen molar-refractivity contribution in [1.82, 2.24) is 0 Å². The zero-order valence-corrected chi connectivity index (χ0v) is 13.3. The summed E-state index contributed by atoms with van der Waals surface area (Å²) in [5.41, 5.74) is 9.80. The summed E-state index contributed by atoms with van der Waals surface area (Å²) in [6.45, 7) is 4.04. The van der Waals surface area contributed by atoms with Gasteiger partial charge in [-0.3, -0.25) is 4.79 Å². The first-order valence-electron chi connectivity index (χ1n) is 6.87. The number of nitrogens with one attached hydrogen (secondary N) is 1. The van der Waals surface area contributed by atoms with Crippen LogP contribution in [0.25, 0.3) is 0 Å². The summed E-state index contributed by atoms with van der Waals surface area (Å²) in [6, 6.07) is 12.7. The molecule has 2 aromatic carbocycles. The molecule has 0 unspecified atom stereocenters. The van der Waals surface area contributed by atoms with Crippen LogP contribution >= 0.6 is 11.6 Å². The molecule has 0 aliphatic heterocycles. The van der Waals surface area contributed by atoms with Crippen LogP contribution < -0.4 is 11.1 Å². The maximum atomic E-state index is 12.3. The van der Waals surface area contributed by atoms with Crippen LogP contribution in [-0.2, 0) is 0 Å². The second-order valence-corrected chi connectivity index (χ2v) is 5.31. The molecule has 0 radical (unpaired) electrons. The Hall–Kier alpha value is -2.33. The zero-order chi connectivity index (χ0) is 16.1. The monoisotopic (exact) mass is 315 g/mol. The fourth-order valence-electron chi connectivity index (χ4n) is 1.93. The molecule has 5 heteroatoms. The lowest BCUT2D eigenvalue weighted by atomic mass is 10.1. The number of halogens is 1. The van der Waals surface area contributed by atoms with Crippen LogP contribution in [0.5, 0.6) is 0 Å². The number of aliphatic imine (C=N–C) groups is 1. The Kier molecular flexibility index (Phi) is 5.17. The highest BCUT2D eigenvalue weighted by atomic mass is 35.5. The van der Waals surface area contributed by atoms with Gasteiger partial charge in [-0.2, -0.15) is 0 Å². The fraction of sp³-hybridized carbons (Fsp3) is 0.176. The van der Waals surface area contributed by atoms with Crippen LogP contribution in [0.4, 0.5) is 11.4 Å². The minimum Gasteiger partial charge on any atom is -0.386 e. The molecule has 0 aliphatic rings.